The predicted octanol–water partition coefficient (Wildman–Crippen LogP) is 3.54. The van der Waals surface area contributed by atoms with Crippen molar-refractivity contribution in [3.05, 3.63) is 52.6 Å². The van der Waals surface area contributed by atoms with E-state index in [0.717, 1.165) is 0 Å². The lowest BCUT2D eigenvalue weighted by molar-refractivity contribution is 0.102. The Morgan fingerprint density at radius 1 is 1.23 bits per heavy atom. The second kappa shape index (κ2) is 5.22. The van der Waals surface area contributed by atoms with Gasteiger partial charge in [-0.15, -0.1) is 0 Å². The molecule has 2 heterocycles. The molecule has 1 N–H and O–H groups in total. The summed E-state index contributed by atoms with van der Waals surface area (Å²) in [6.45, 7) is 5.17. The SMILES string of the molecule is Cc1cc(C(=O)Nc2ccc(C)c(F)c2)c2c(C)noc2n1. The van der Waals surface area contributed by atoms with Crippen molar-refractivity contribution in [3.8, 4) is 0 Å². The molecule has 0 fully saturated rings. The number of pyridine rings is 1. The third-order valence-corrected chi connectivity index (χ3v) is 3.42. The molecule has 6 heteroatoms. The van der Waals surface area contributed by atoms with E-state index in [-0.39, 0.29) is 11.7 Å². The summed E-state index contributed by atoms with van der Waals surface area (Å²) in [5, 5.41) is 7.09. The van der Waals surface area contributed by atoms with Crippen molar-refractivity contribution >= 4 is 22.7 Å². The minimum atomic E-state index is -0.366. The molecular formula is C16H14FN3O2. The van der Waals surface area contributed by atoms with Gasteiger partial charge in [0.2, 0.25) is 0 Å². The number of carbonyl (C=O) groups is 1. The molecule has 0 aliphatic heterocycles. The van der Waals surface area contributed by atoms with Crippen LogP contribution in [-0.2, 0) is 0 Å². The van der Waals surface area contributed by atoms with Crippen LogP contribution in [0.1, 0.15) is 27.3 Å². The first-order valence-electron chi connectivity index (χ1n) is 6.77. The molecule has 0 saturated heterocycles. The molecule has 22 heavy (non-hydrogen) atoms. The zero-order valence-electron chi connectivity index (χ0n) is 12.4. The van der Waals surface area contributed by atoms with Gasteiger partial charge in [-0.3, -0.25) is 4.79 Å². The number of anilines is 1. The van der Waals surface area contributed by atoms with Crippen LogP contribution >= 0.6 is 0 Å². The second-order valence-electron chi connectivity index (χ2n) is 5.18. The van der Waals surface area contributed by atoms with Gasteiger partial charge in [0, 0.05) is 11.4 Å². The number of carbonyl (C=O) groups excluding carboxylic acids is 1. The van der Waals surface area contributed by atoms with Gasteiger partial charge in [0.05, 0.1) is 16.6 Å². The maximum atomic E-state index is 13.6. The van der Waals surface area contributed by atoms with E-state index in [4.69, 9.17) is 4.52 Å². The lowest BCUT2D eigenvalue weighted by Gasteiger charge is -2.08. The molecule has 3 aromatic rings. The number of aryl methyl sites for hydroxylation is 3. The van der Waals surface area contributed by atoms with Crippen molar-refractivity contribution in [2.45, 2.75) is 20.8 Å². The van der Waals surface area contributed by atoms with E-state index in [0.29, 0.717) is 39.3 Å². The first-order chi connectivity index (χ1) is 10.5. The fourth-order valence-corrected chi connectivity index (χ4v) is 2.27. The normalized spacial score (nSPS) is 10.9. The Bertz CT molecular complexity index is 886. The molecular weight excluding hydrogens is 285 g/mol. The molecule has 112 valence electrons. The summed E-state index contributed by atoms with van der Waals surface area (Å²) in [5.41, 5.74) is 2.87. The summed E-state index contributed by atoms with van der Waals surface area (Å²) in [7, 11) is 0. The summed E-state index contributed by atoms with van der Waals surface area (Å²) < 4.78 is 18.7. The zero-order chi connectivity index (χ0) is 15.9. The average Bonchev–Trinajstić information content (AvgIpc) is 2.83. The van der Waals surface area contributed by atoms with Crippen LogP contribution in [0.3, 0.4) is 0 Å². The lowest BCUT2D eigenvalue weighted by atomic mass is 10.1. The van der Waals surface area contributed by atoms with Gasteiger partial charge in [0.15, 0.2) is 0 Å². The summed E-state index contributed by atoms with van der Waals surface area (Å²) in [6.07, 6.45) is 0. The minimum Gasteiger partial charge on any atom is -0.336 e. The van der Waals surface area contributed by atoms with Gasteiger partial charge in [-0.1, -0.05) is 11.2 Å². The Hall–Kier alpha value is -2.76. The van der Waals surface area contributed by atoms with Crippen molar-refractivity contribution in [1.29, 1.82) is 0 Å². The van der Waals surface area contributed by atoms with Gasteiger partial charge in [-0.05, 0) is 44.5 Å². The van der Waals surface area contributed by atoms with Crippen LogP contribution < -0.4 is 5.32 Å². The van der Waals surface area contributed by atoms with Crippen LogP contribution in [0.5, 0.6) is 0 Å². The monoisotopic (exact) mass is 299 g/mol. The maximum absolute atomic E-state index is 13.6. The lowest BCUT2D eigenvalue weighted by Crippen LogP contribution is -2.13. The van der Waals surface area contributed by atoms with Crippen LogP contribution in [0.15, 0.2) is 28.8 Å². The summed E-state index contributed by atoms with van der Waals surface area (Å²) in [6, 6.07) is 6.22. The van der Waals surface area contributed by atoms with E-state index in [9.17, 15) is 9.18 Å². The highest BCUT2D eigenvalue weighted by Gasteiger charge is 2.18. The molecule has 0 unspecified atom stereocenters. The first-order valence-corrected chi connectivity index (χ1v) is 6.77. The van der Waals surface area contributed by atoms with Gasteiger partial charge >= 0.3 is 0 Å². The standard InChI is InChI=1S/C16H14FN3O2/c1-8-4-5-11(7-13(8)17)19-15(21)12-6-9(2)18-16-14(12)10(3)20-22-16/h4-7H,1-3H3,(H,19,21). The van der Waals surface area contributed by atoms with Crippen LogP contribution in [0.2, 0.25) is 0 Å². The highest BCUT2D eigenvalue weighted by molar-refractivity contribution is 6.12. The van der Waals surface area contributed by atoms with E-state index in [1.165, 1.54) is 6.07 Å². The van der Waals surface area contributed by atoms with E-state index < -0.39 is 0 Å². The number of benzene rings is 1. The molecule has 5 nitrogen and oxygen atoms in total. The third-order valence-electron chi connectivity index (χ3n) is 3.42. The number of rotatable bonds is 2. The summed E-state index contributed by atoms with van der Waals surface area (Å²) >= 11 is 0. The van der Waals surface area contributed by atoms with Gasteiger partial charge in [-0.2, -0.15) is 0 Å². The Balaban J connectivity index is 2.01. The molecule has 0 radical (unpaired) electrons. The molecule has 2 aromatic heterocycles. The van der Waals surface area contributed by atoms with Crippen molar-refractivity contribution in [1.82, 2.24) is 10.1 Å². The fourth-order valence-electron chi connectivity index (χ4n) is 2.27. The van der Waals surface area contributed by atoms with E-state index in [1.807, 2.05) is 0 Å². The highest BCUT2D eigenvalue weighted by Crippen LogP contribution is 2.23. The van der Waals surface area contributed by atoms with Gasteiger partial charge < -0.3 is 9.84 Å². The van der Waals surface area contributed by atoms with Crippen molar-refractivity contribution in [2.24, 2.45) is 0 Å². The molecule has 0 aliphatic rings. The van der Waals surface area contributed by atoms with Crippen LogP contribution in [0.4, 0.5) is 10.1 Å². The number of nitrogens with zero attached hydrogens (tertiary/aromatic N) is 2. The van der Waals surface area contributed by atoms with Crippen LogP contribution in [-0.4, -0.2) is 16.0 Å². The largest absolute Gasteiger partial charge is 0.336 e. The number of nitrogens with one attached hydrogen (secondary N) is 1. The number of amides is 1. The van der Waals surface area contributed by atoms with E-state index in [1.54, 1.807) is 39.0 Å². The van der Waals surface area contributed by atoms with Crippen molar-refractivity contribution in [3.63, 3.8) is 0 Å². The Morgan fingerprint density at radius 3 is 2.73 bits per heavy atom. The number of hydrogen-bond acceptors (Lipinski definition) is 4. The quantitative estimate of drug-likeness (QED) is 0.786. The van der Waals surface area contributed by atoms with Gasteiger partial charge in [-0.25, -0.2) is 9.37 Å². The minimum absolute atomic E-state index is 0.317. The number of halogens is 1. The average molecular weight is 299 g/mol. The summed E-state index contributed by atoms with van der Waals surface area (Å²) in [5.74, 6) is -0.722. The molecule has 3 rings (SSSR count). The first kappa shape index (κ1) is 14.2. The van der Waals surface area contributed by atoms with E-state index >= 15 is 0 Å². The van der Waals surface area contributed by atoms with Crippen molar-refractivity contribution in [2.75, 3.05) is 5.32 Å². The third kappa shape index (κ3) is 2.43. The van der Waals surface area contributed by atoms with Crippen LogP contribution in [0, 0.1) is 26.6 Å². The van der Waals surface area contributed by atoms with Crippen LogP contribution in [0.25, 0.3) is 11.1 Å². The molecule has 0 aliphatic carbocycles. The number of fused-ring (bicyclic) bond motifs is 1. The Kier molecular flexibility index (Phi) is 3.36. The smallest absolute Gasteiger partial charge is 0.258 e. The molecule has 1 amide bonds. The molecule has 0 spiro atoms. The number of aromatic nitrogens is 2. The molecule has 0 bridgehead atoms. The predicted molar refractivity (Wildman–Crippen MR) is 80.4 cm³/mol. The highest BCUT2D eigenvalue weighted by atomic mass is 19.1. The van der Waals surface area contributed by atoms with E-state index in [2.05, 4.69) is 15.5 Å². The molecule has 1 aromatic carbocycles. The summed E-state index contributed by atoms with van der Waals surface area (Å²) in [4.78, 5) is 16.7. The van der Waals surface area contributed by atoms with Gasteiger partial charge in [0.1, 0.15) is 5.82 Å². The zero-order valence-corrected chi connectivity index (χ0v) is 12.4. The molecule has 0 saturated carbocycles. The van der Waals surface area contributed by atoms with Gasteiger partial charge in [0.25, 0.3) is 11.6 Å². The Labute approximate surface area is 126 Å². The second-order valence-corrected chi connectivity index (χ2v) is 5.18. The number of hydrogen-bond donors (Lipinski definition) is 1. The molecule has 0 atom stereocenters. The van der Waals surface area contributed by atoms with Crippen molar-refractivity contribution < 1.29 is 13.7 Å². The topological polar surface area (TPSA) is 68.0 Å². The Morgan fingerprint density at radius 2 is 2.00 bits per heavy atom. The maximum Gasteiger partial charge on any atom is 0.258 e. The fraction of sp³-hybridized carbons (Fsp3) is 0.188.